The lowest BCUT2D eigenvalue weighted by atomic mass is 9.87. The molecule has 2 aliphatic rings. The van der Waals surface area contributed by atoms with Crippen molar-refractivity contribution in [2.24, 2.45) is 5.92 Å². The normalized spacial score (nSPS) is 36.0. The first-order chi connectivity index (χ1) is 8.31. The average molecular weight is 238 g/mol. The van der Waals surface area contributed by atoms with Crippen molar-refractivity contribution < 1.29 is 0 Å². The fraction of sp³-hybridized carbons (Fsp3) is 1.00. The number of hydrogen-bond donors (Lipinski definition) is 1. The van der Waals surface area contributed by atoms with E-state index >= 15 is 0 Å². The van der Waals surface area contributed by atoms with Crippen LogP contribution in [0.2, 0.25) is 0 Å². The molecule has 3 atom stereocenters. The van der Waals surface area contributed by atoms with E-state index in [-0.39, 0.29) is 0 Å². The first-order valence-electron chi connectivity index (χ1n) is 7.78. The molecule has 1 N–H and O–H groups in total. The molecule has 2 rings (SSSR count). The third kappa shape index (κ3) is 3.69. The van der Waals surface area contributed by atoms with Gasteiger partial charge in [-0.2, -0.15) is 0 Å². The molecule has 0 bridgehead atoms. The van der Waals surface area contributed by atoms with E-state index < -0.39 is 0 Å². The van der Waals surface area contributed by atoms with Gasteiger partial charge in [0.05, 0.1) is 0 Å². The standard InChI is InChI=1S/C15H30N2/c1-3-10-16-14-8-4-5-9-15(14)17-11-6-7-13(2)12-17/h13-16H,3-12H2,1-2H3. The van der Waals surface area contributed by atoms with Crippen molar-refractivity contribution in [1.29, 1.82) is 0 Å². The zero-order valence-electron chi connectivity index (χ0n) is 11.8. The van der Waals surface area contributed by atoms with Gasteiger partial charge >= 0.3 is 0 Å². The molecule has 0 radical (unpaired) electrons. The SMILES string of the molecule is CCCNC1CCCCC1N1CCCC(C)C1. The second-order valence-electron chi connectivity index (χ2n) is 6.15. The van der Waals surface area contributed by atoms with Crippen LogP contribution in [0, 0.1) is 5.92 Å². The first kappa shape index (κ1) is 13.4. The van der Waals surface area contributed by atoms with Crippen molar-refractivity contribution in [2.45, 2.75) is 70.9 Å². The number of hydrogen-bond acceptors (Lipinski definition) is 2. The topological polar surface area (TPSA) is 15.3 Å². The van der Waals surface area contributed by atoms with E-state index in [0.29, 0.717) is 0 Å². The van der Waals surface area contributed by atoms with Crippen LogP contribution < -0.4 is 5.32 Å². The van der Waals surface area contributed by atoms with Gasteiger partial charge in [0.15, 0.2) is 0 Å². The number of nitrogens with zero attached hydrogens (tertiary/aromatic N) is 1. The largest absolute Gasteiger partial charge is 0.312 e. The maximum atomic E-state index is 3.79. The predicted molar refractivity (Wildman–Crippen MR) is 74.3 cm³/mol. The fourth-order valence-electron chi connectivity index (χ4n) is 3.64. The molecular formula is C15H30N2. The minimum absolute atomic E-state index is 0.772. The molecule has 2 heteroatoms. The van der Waals surface area contributed by atoms with Gasteiger partial charge in [-0.1, -0.05) is 26.7 Å². The molecule has 0 aromatic heterocycles. The quantitative estimate of drug-likeness (QED) is 0.810. The molecule has 2 fully saturated rings. The van der Waals surface area contributed by atoms with Gasteiger partial charge in [0, 0.05) is 18.6 Å². The molecule has 2 nitrogen and oxygen atoms in total. The highest BCUT2D eigenvalue weighted by Crippen LogP contribution is 2.27. The van der Waals surface area contributed by atoms with E-state index in [0.717, 1.165) is 18.0 Å². The van der Waals surface area contributed by atoms with Gasteiger partial charge in [0.1, 0.15) is 0 Å². The molecule has 1 heterocycles. The van der Waals surface area contributed by atoms with Crippen LogP contribution in [0.15, 0.2) is 0 Å². The summed E-state index contributed by atoms with van der Waals surface area (Å²) in [5, 5.41) is 3.79. The second-order valence-corrected chi connectivity index (χ2v) is 6.15. The van der Waals surface area contributed by atoms with E-state index in [2.05, 4.69) is 24.1 Å². The summed E-state index contributed by atoms with van der Waals surface area (Å²) in [6.07, 6.45) is 9.82. The first-order valence-corrected chi connectivity index (χ1v) is 7.78. The Morgan fingerprint density at radius 3 is 2.71 bits per heavy atom. The van der Waals surface area contributed by atoms with E-state index in [4.69, 9.17) is 0 Å². The van der Waals surface area contributed by atoms with Crippen LogP contribution in [-0.2, 0) is 0 Å². The lowest BCUT2D eigenvalue weighted by Gasteiger charge is -2.43. The van der Waals surface area contributed by atoms with Crippen LogP contribution in [-0.4, -0.2) is 36.6 Å². The summed E-state index contributed by atoms with van der Waals surface area (Å²) < 4.78 is 0. The molecule has 17 heavy (non-hydrogen) atoms. The van der Waals surface area contributed by atoms with Gasteiger partial charge in [-0.15, -0.1) is 0 Å². The number of nitrogens with one attached hydrogen (secondary N) is 1. The zero-order chi connectivity index (χ0) is 12.1. The Morgan fingerprint density at radius 2 is 1.94 bits per heavy atom. The molecule has 1 saturated carbocycles. The summed E-state index contributed by atoms with van der Waals surface area (Å²) in [6, 6.07) is 1.60. The summed E-state index contributed by atoms with van der Waals surface area (Å²) >= 11 is 0. The molecule has 1 aliphatic carbocycles. The molecule has 1 saturated heterocycles. The van der Waals surface area contributed by atoms with Crippen molar-refractivity contribution in [1.82, 2.24) is 10.2 Å². The molecule has 0 aromatic rings. The lowest BCUT2D eigenvalue weighted by Crippen LogP contribution is -2.54. The van der Waals surface area contributed by atoms with Crippen molar-refractivity contribution in [2.75, 3.05) is 19.6 Å². The van der Waals surface area contributed by atoms with Gasteiger partial charge in [0.2, 0.25) is 0 Å². The van der Waals surface area contributed by atoms with Crippen LogP contribution in [0.4, 0.5) is 0 Å². The number of likely N-dealkylation sites (tertiary alicyclic amines) is 1. The third-order valence-corrected chi connectivity index (χ3v) is 4.54. The minimum Gasteiger partial charge on any atom is -0.312 e. The molecule has 3 unspecified atom stereocenters. The van der Waals surface area contributed by atoms with Crippen molar-refractivity contribution in [3.8, 4) is 0 Å². The Bertz CT molecular complexity index is 217. The number of piperidine rings is 1. The van der Waals surface area contributed by atoms with Crippen LogP contribution in [0.3, 0.4) is 0 Å². The van der Waals surface area contributed by atoms with E-state index in [1.165, 1.54) is 64.6 Å². The fourth-order valence-corrected chi connectivity index (χ4v) is 3.64. The van der Waals surface area contributed by atoms with Gasteiger partial charge in [0.25, 0.3) is 0 Å². The zero-order valence-corrected chi connectivity index (χ0v) is 11.8. The maximum absolute atomic E-state index is 3.79. The van der Waals surface area contributed by atoms with Crippen LogP contribution in [0.5, 0.6) is 0 Å². The predicted octanol–water partition coefficient (Wildman–Crippen LogP) is 3.03. The summed E-state index contributed by atoms with van der Waals surface area (Å²) in [4.78, 5) is 2.79. The molecular weight excluding hydrogens is 208 g/mol. The second kappa shape index (κ2) is 6.75. The van der Waals surface area contributed by atoms with Crippen molar-refractivity contribution in [3.63, 3.8) is 0 Å². The van der Waals surface area contributed by atoms with Crippen LogP contribution in [0.1, 0.15) is 58.8 Å². The summed E-state index contributed by atoms with van der Waals surface area (Å²) in [6.45, 7) is 8.58. The van der Waals surface area contributed by atoms with Gasteiger partial charge in [-0.05, 0) is 51.1 Å². The Kier molecular flexibility index (Phi) is 5.30. The van der Waals surface area contributed by atoms with Gasteiger partial charge in [-0.25, -0.2) is 0 Å². The summed E-state index contributed by atoms with van der Waals surface area (Å²) in [5.74, 6) is 0.914. The van der Waals surface area contributed by atoms with E-state index in [1.54, 1.807) is 0 Å². The molecule has 0 spiro atoms. The monoisotopic (exact) mass is 238 g/mol. The van der Waals surface area contributed by atoms with Gasteiger partial charge in [-0.3, -0.25) is 4.90 Å². The summed E-state index contributed by atoms with van der Waals surface area (Å²) in [7, 11) is 0. The minimum atomic E-state index is 0.772. The number of rotatable bonds is 4. The highest BCUT2D eigenvalue weighted by atomic mass is 15.2. The third-order valence-electron chi connectivity index (χ3n) is 4.54. The van der Waals surface area contributed by atoms with E-state index in [9.17, 15) is 0 Å². The van der Waals surface area contributed by atoms with Crippen LogP contribution >= 0.6 is 0 Å². The maximum Gasteiger partial charge on any atom is 0.0249 e. The molecule has 0 aromatic carbocycles. The summed E-state index contributed by atoms with van der Waals surface area (Å²) in [5.41, 5.74) is 0. The van der Waals surface area contributed by atoms with E-state index in [1.807, 2.05) is 0 Å². The molecule has 1 aliphatic heterocycles. The van der Waals surface area contributed by atoms with Crippen molar-refractivity contribution >= 4 is 0 Å². The molecule has 100 valence electrons. The smallest absolute Gasteiger partial charge is 0.0249 e. The van der Waals surface area contributed by atoms with Gasteiger partial charge < -0.3 is 5.32 Å². The van der Waals surface area contributed by atoms with Crippen molar-refractivity contribution in [3.05, 3.63) is 0 Å². The Balaban J connectivity index is 1.90. The van der Waals surface area contributed by atoms with Crippen LogP contribution in [0.25, 0.3) is 0 Å². The highest BCUT2D eigenvalue weighted by Gasteiger charge is 2.31. The lowest BCUT2D eigenvalue weighted by molar-refractivity contribution is 0.0801. The Labute approximate surface area is 107 Å². The highest BCUT2D eigenvalue weighted by molar-refractivity contribution is 4.90. The average Bonchev–Trinajstić information content (AvgIpc) is 2.37. The Hall–Kier alpha value is -0.0800. The molecule has 0 amide bonds. The Morgan fingerprint density at radius 1 is 1.12 bits per heavy atom.